The molecule has 0 bridgehead atoms. The van der Waals surface area contributed by atoms with Crippen molar-refractivity contribution in [2.24, 2.45) is 0 Å². The van der Waals surface area contributed by atoms with E-state index in [2.05, 4.69) is 43.4 Å². The molecule has 0 aliphatic rings. The van der Waals surface area contributed by atoms with Crippen molar-refractivity contribution in [3.8, 4) is 0 Å². The molecule has 1 aromatic carbocycles. The number of rotatable bonds is 7. The van der Waals surface area contributed by atoms with Gasteiger partial charge in [-0.05, 0) is 51.7 Å². The number of halogens is 1. The maximum Gasteiger partial charge on any atom is 0.0453 e. The van der Waals surface area contributed by atoms with Gasteiger partial charge in [0.2, 0.25) is 0 Å². The standard InChI is InChI=1S/C14H23ClN2/c1-4-10-16-14(9-11-17(2)3)12-7-5-6-8-13(12)15/h5-8,14,16H,4,9-11H2,1-3H3. The van der Waals surface area contributed by atoms with Gasteiger partial charge in [0.25, 0.3) is 0 Å². The van der Waals surface area contributed by atoms with E-state index in [1.54, 1.807) is 0 Å². The first kappa shape index (κ1) is 14.5. The Labute approximate surface area is 110 Å². The first-order valence-electron chi connectivity index (χ1n) is 6.27. The first-order chi connectivity index (χ1) is 8.15. The minimum atomic E-state index is 0.353. The van der Waals surface area contributed by atoms with Gasteiger partial charge < -0.3 is 10.2 Å². The second-order valence-corrected chi connectivity index (χ2v) is 5.03. The van der Waals surface area contributed by atoms with E-state index in [9.17, 15) is 0 Å². The molecule has 1 unspecified atom stereocenters. The van der Waals surface area contributed by atoms with Gasteiger partial charge in [-0.3, -0.25) is 0 Å². The van der Waals surface area contributed by atoms with Crippen molar-refractivity contribution in [1.82, 2.24) is 10.2 Å². The molecule has 0 aliphatic carbocycles. The summed E-state index contributed by atoms with van der Waals surface area (Å²) in [6.45, 7) is 4.28. The van der Waals surface area contributed by atoms with Crippen molar-refractivity contribution in [3.05, 3.63) is 34.9 Å². The van der Waals surface area contributed by atoms with Crippen LogP contribution in [0.1, 0.15) is 31.4 Å². The fraction of sp³-hybridized carbons (Fsp3) is 0.571. The third-order valence-corrected chi connectivity index (χ3v) is 3.13. The third-order valence-electron chi connectivity index (χ3n) is 2.79. The molecule has 0 aliphatic heterocycles. The lowest BCUT2D eigenvalue weighted by Gasteiger charge is -2.22. The summed E-state index contributed by atoms with van der Waals surface area (Å²) in [5.74, 6) is 0. The second kappa shape index (κ2) is 7.70. The molecule has 96 valence electrons. The van der Waals surface area contributed by atoms with Crippen molar-refractivity contribution >= 4 is 11.6 Å². The van der Waals surface area contributed by atoms with Crippen LogP contribution in [-0.4, -0.2) is 32.1 Å². The van der Waals surface area contributed by atoms with Crippen LogP contribution >= 0.6 is 11.6 Å². The molecule has 0 fully saturated rings. The lowest BCUT2D eigenvalue weighted by Crippen LogP contribution is -2.26. The van der Waals surface area contributed by atoms with Gasteiger partial charge in [-0.15, -0.1) is 0 Å². The molecule has 1 N–H and O–H groups in total. The highest BCUT2D eigenvalue weighted by atomic mass is 35.5. The summed E-state index contributed by atoms with van der Waals surface area (Å²) in [6.07, 6.45) is 2.22. The Bertz CT molecular complexity index is 326. The maximum absolute atomic E-state index is 6.26. The van der Waals surface area contributed by atoms with E-state index in [1.807, 2.05) is 12.1 Å². The summed E-state index contributed by atoms with van der Waals surface area (Å²) >= 11 is 6.26. The molecule has 0 saturated heterocycles. The minimum Gasteiger partial charge on any atom is -0.310 e. The topological polar surface area (TPSA) is 15.3 Å². The van der Waals surface area contributed by atoms with Gasteiger partial charge in [-0.25, -0.2) is 0 Å². The van der Waals surface area contributed by atoms with E-state index < -0.39 is 0 Å². The quantitative estimate of drug-likeness (QED) is 0.803. The summed E-state index contributed by atoms with van der Waals surface area (Å²) in [4.78, 5) is 2.21. The Morgan fingerprint density at radius 2 is 2.00 bits per heavy atom. The van der Waals surface area contributed by atoms with Crippen molar-refractivity contribution < 1.29 is 0 Å². The highest BCUT2D eigenvalue weighted by molar-refractivity contribution is 6.31. The first-order valence-corrected chi connectivity index (χ1v) is 6.65. The fourth-order valence-corrected chi connectivity index (χ4v) is 2.10. The van der Waals surface area contributed by atoms with Crippen molar-refractivity contribution in [2.45, 2.75) is 25.8 Å². The Hall–Kier alpha value is -0.570. The molecule has 0 aromatic heterocycles. The zero-order valence-corrected chi connectivity index (χ0v) is 11.8. The summed E-state index contributed by atoms with van der Waals surface area (Å²) in [6, 6.07) is 8.47. The lowest BCUT2D eigenvalue weighted by molar-refractivity contribution is 0.361. The van der Waals surface area contributed by atoms with E-state index in [4.69, 9.17) is 11.6 Å². The number of hydrogen-bond acceptors (Lipinski definition) is 2. The third kappa shape index (κ3) is 5.07. The molecule has 0 amide bonds. The van der Waals surface area contributed by atoms with E-state index in [-0.39, 0.29) is 0 Å². The molecular formula is C14H23ClN2. The van der Waals surface area contributed by atoms with Crippen LogP contribution in [-0.2, 0) is 0 Å². The smallest absolute Gasteiger partial charge is 0.0453 e. The Morgan fingerprint density at radius 1 is 1.29 bits per heavy atom. The predicted octanol–water partition coefficient (Wildman–Crippen LogP) is 3.33. The number of nitrogens with zero attached hydrogens (tertiary/aromatic N) is 1. The molecule has 17 heavy (non-hydrogen) atoms. The largest absolute Gasteiger partial charge is 0.310 e. The summed E-state index contributed by atoms with van der Waals surface area (Å²) in [5.41, 5.74) is 1.21. The van der Waals surface area contributed by atoms with E-state index >= 15 is 0 Å². The number of hydrogen-bond donors (Lipinski definition) is 1. The van der Waals surface area contributed by atoms with Crippen LogP contribution in [0.4, 0.5) is 0 Å². The van der Waals surface area contributed by atoms with Crippen LogP contribution in [0.15, 0.2) is 24.3 Å². The monoisotopic (exact) mass is 254 g/mol. The van der Waals surface area contributed by atoms with Crippen LogP contribution in [0, 0.1) is 0 Å². The molecule has 0 heterocycles. The Balaban J connectivity index is 2.71. The zero-order valence-electron chi connectivity index (χ0n) is 11.0. The summed E-state index contributed by atoms with van der Waals surface area (Å²) in [5, 5.41) is 4.43. The highest BCUT2D eigenvalue weighted by Gasteiger charge is 2.13. The molecule has 3 heteroatoms. The predicted molar refractivity (Wildman–Crippen MR) is 75.7 cm³/mol. The molecule has 1 aromatic rings. The summed E-state index contributed by atoms with van der Waals surface area (Å²) < 4.78 is 0. The van der Waals surface area contributed by atoms with Gasteiger partial charge in [-0.1, -0.05) is 36.7 Å². The minimum absolute atomic E-state index is 0.353. The second-order valence-electron chi connectivity index (χ2n) is 4.62. The van der Waals surface area contributed by atoms with Crippen LogP contribution in [0.3, 0.4) is 0 Å². The molecule has 2 nitrogen and oxygen atoms in total. The molecule has 0 saturated carbocycles. The average molecular weight is 255 g/mol. The van der Waals surface area contributed by atoms with Gasteiger partial charge in [0.15, 0.2) is 0 Å². The van der Waals surface area contributed by atoms with Crippen LogP contribution < -0.4 is 5.32 Å². The van der Waals surface area contributed by atoms with Crippen LogP contribution in [0.25, 0.3) is 0 Å². The van der Waals surface area contributed by atoms with Gasteiger partial charge in [-0.2, -0.15) is 0 Å². The molecule has 0 spiro atoms. The van der Waals surface area contributed by atoms with E-state index in [0.717, 1.165) is 31.0 Å². The number of benzene rings is 1. The van der Waals surface area contributed by atoms with Gasteiger partial charge in [0.1, 0.15) is 0 Å². The van der Waals surface area contributed by atoms with Crippen molar-refractivity contribution in [3.63, 3.8) is 0 Å². The SMILES string of the molecule is CCCNC(CCN(C)C)c1ccccc1Cl. The normalized spacial score (nSPS) is 13.0. The zero-order chi connectivity index (χ0) is 12.7. The lowest BCUT2D eigenvalue weighted by atomic mass is 10.0. The van der Waals surface area contributed by atoms with Crippen LogP contribution in [0.2, 0.25) is 5.02 Å². The van der Waals surface area contributed by atoms with Crippen LogP contribution in [0.5, 0.6) is 0 Å². The molecule has 1 atom stereocenters. The molecule has 0 radical (unpaired) electrons. The van der Waals surface area contributed by atoms with Crippen molar-refractivity contribution in [1.29, 1.82) is 0 Å². The molecular weight excluding hydrogens is 232 g/mol. The summed E-state index contributed by atoms with van der Waals surface area (Å²) in [7, 11) is 4.20. The van der Waals surface area contributed by atoms with Crippen molar-refractivity contribution in [2.75, 3.05) is 27.2 Å². The average Bonchev–Trinajstić information content (AvgIpc) is 2.30. The molecule has 1 rings (SSSR count). The fourth-order valence-electron chi connectivity index (χ4n) is 1.83. The Kier molecular flexibility index (Phi) is 6.56. The van der Waals surface area contributed by atoms with Gasteiger partial charge in [0, 0.05) is 11.1 Å². The van der Waals surface area contributed by atoms with Gasteiger partial charge in [0.05, 0.1) is 0 Å². The van der Waals surface area contributed by atoms with E-state index in [0.29, 0.717) is 6.04 Å². The number of nitrogens with one attached hydrogen (secondary N) is 1. The maximum atomic E-state index is 6.26. The highest BCUT2D eigenvalue weighted by Crippen LogP contribution is 2.25. The van der Waals surface area contributed by atoms with E-state index in [1.165, 1.54) is 5.56 Å². The van der Waals surface area contributed by atoms with Gasteiger partial charge >= 0.3 is 0 Å². The Morgan fingerprint density at radius 3 is 2.59 bits per heavy atom.